The van der Waals surface area contributed by atoms with Crippen LogP contribution >= 0.6 is 0 Å². The summed E-state index contributed by atoms with van der Waals surface area (Å²) >= 11 is 0. The van der Waals surface area contributed by atoms with E-state index in [0.29, 0.717) is 6.42 Å². The number of rotatable bonds is 4. The molecule has 0 radical (unpaired) electrons. The Hall–Kier alpha value is -0.610. The number of hydrogen-bond donors (Lipinski definition) is 1. The van der Waals surface area contributed by atoms with E-state index in [9.17, 15) is 4.79 Å². The third-order valence-electron chi connectivity index (χ3n) is 3.05. The van der Waals surface area contributed by atoms with Crippen molar-refractivity contribution in [2.24, 2.45) is 5.73 Å². The number of nitrogens with two attached hydrogens (primary N) is 1. The molecule has 0 amide bonds. The summed E-state index contributed by atoms with van der Waals surface area (Å²) in [6.07, 6.45) is 4.52. The molecule has 0 aromatic rings. The molecule has 0 spiro atoms. The maximum atomic E-state index is 11.3. The first-order chi connectivity index (χ1) is 7.06. The Morgan fingerprint density at radius 3 is 2.53 bits per heavy atom. The predicted octanol–water partition coefficient (Wildman–Crippen LogP) is 0.753. The van der Waals surface area contributed by atoms with E-state index in [1.807, 2.05) is 0 Å². The zero-order chi connectivity index (χ0) is 11.3. The molecule has 1 heterocycles. The average molecular weight is 214 g/mol. The van der Waals surface area contributed by atoms with Gasteiger partial charge in [-0.05, 0) is 39.3 Å². The van der Waals surface area contributed by atoms with Gasteiger partial charge in [-0.2, -0.15) is 0 Å². The van der Waals surface area contributed by atoms with Gasteiger partial charge in [0.25, 0.3) is 0 Å². The summed E-state index contributed by atoms with van der Waals surface area (Å²) in [5.74, 6) is -0.320. The number of carbonyl (C=O) groups is 1. The molecule has 0 aromatic carbocycles. The molecule has 0 bridgehead atoms. The molecule has 1 unspecified atom stereocenters. The Kier molecular flexibility index (Phi) is 4.54. The Morgan fingerprint density at radius 1 is 1.40 bits per heavy atom. The first kappa shape index (κ1) is 12.5. The monoisotopic (exact) mass is 214 g/mol. The van der Waals surface area contributed by atoms with E-state index in [-0.39, 0.29) is 5.97 Å². The van der Waals surface area contributed by atoms with Crippen molar-refractivity contribution >= 4 is 5.97 Å². The maximum Gasteiger partial charge on any atom is 0.325 e. The molecular formula is C11H22N2O2. The Balaban J connectivity index is 2.31. The minimum atomic E-state index is -0.841. The first-order valence-electron chi connectivity index (χ1n) is 5.66. The zero-order valence-electron chi connectivity index (χ0n) is 9.79. The smallest absolute Gasteiger partial charge is 0.325 e. The number of piperidine rings is 1. The third-order valence-corrected chi connectivity index (χ3v) is 3.05. The topological polar surface area (TPSA) is 55.6 Å². The van der Waals surface area contributed by atoms with Crippen molar-refractivity contribution in [1.29, 1.82) is 0 Å². The fraction of sp³-hybridized carbons (Fsp3) is 0.909. The SMILES string of the molecule is COC(=O)C(C)(N)CCN1CCCCC1. The minimum Gasteiger partial charge on any atom is -0.468 e. The molecule has 4 nitrogen and oxygen atoms in total. The average Bonchev–Trinajstić information content (AvgIpc) is 2.27. The van der Waals surface area contributed by atoms with Crippen LogP contribution in [0.3, 0.4) is 0 Å². The minimum absolute atomic E-state index is 0.320. The van der Waals surface area contributed by atoms with E-state index >= 15 is 0 Å². The van der Waals surface area contributed by atoms with Crippen LogP contribution in [0, 0.1) is 0 Å². The highest BCUT2D eigenvalue weighted by molar-refractivity contribution is 5.79. The van der Waals surface area contributed by atoms with Gasteiger partial charge in [0.1, 0.15) is 5.54 Å². The van der Waals surface area contributed by atoms with E-state index < -0.39 is 5.54 Å². The van der Waals surface area contributed by atoms with Crippen LogP contribution in [0.5, 0.6) is 0 Å². The van der Waals surface area contributed by atoms with Crippen LogP contribution in [-0.4, -0.2) is 43.2 Å². The second kappa shape index (κ2) is 5.47. The highest BCUT2D eigenvalue weighted by atomic mass is 16.5. The van der Waals surface area contributed by atoms with Crippen LogP contribution in [0.1, 0.15) is 32.6 Å². The normalized spacial score (nSPS) is 22.1. The van der Waals surface area contributed by atoms with Gasteiger partial charge in [0.05, 0.1) is 7.11 Å². The number of ether oxygens (including phenoxy) is 1. The summed E-state index contributed by atoms with van der Waals surface area (Å²) in [6, 6.07) is 0. The lowest BCUT2D eigenvalue weighted by atomic mass is 9.98. The molecule has 1 aliphatic heterocycles. The van der Waals surface area contributed by atoms with Crippen LogP contribution < -0.4 is 5.73 Å². The van der Waals surface area contributed by atoms with Gasteiger partial charge in [0.15, 0.2) is 0 Å². The number of esters is 1. The molecule has 15 heavy (non-hydrogen) atoms. The van der Waals surface area contributed by atoms with Gasteiger partial charge in [-0.1, -0.05) is 6.42 Å². The molecule has 2 N–H and O–H groups in total. The van der Waals surface area contributed by atoms with Crippen molar-refractivity contribution in [3.63, 3.8) is 0 Å². The fourth-order valence-corrected chi connectivity index (χ4v) is 1.91. The summed E-state index contributed by atoms with van der Waals surface area (Å²) in [4.78, 5) is 13.7. The number of hydrogen-bond acceptors (Lipinski definition) is 4. The quantitative estimate of drug-likeness (QED) is 0.702. The van der Waals surface area contributed by atoms with Gasteiger partial charge in [0, 0.05) is 6.54 Å². The first-order valence-corrected chi connectivity index (χ1v) is 5.66. The van der Waals surface area contributed by atoms with Gasteiger partial charge >= 0.3 is 5.97 Å². The standard InChI is InChI=1S/C11H22N2O2/c1-11(12,10(14)15-2)6-9-13-7-4-3-5-8-13/h3-9,12H2,1-2H3. The van der Waals surface area contributed by atoms with Crippen LogP contribution in [0.15, 0.2) is 0 Å². The zero-order valence-corrected chi connectivity index (χ0v) is 9.79. The molecule has 0 aromatic heterocycles. The second-order valence-electron chi connectivity index (χ2n) is 4.56. The van der Waals surface area contributed by atoms with Crippen LogP contribution in [0.2, 0.25) is 0 Å². The van der Waals surface area contributed by atoms with Crippen molar-refractivity contribution in [2.45, 2.75) is 38.1 Å². The van der Waals surface area contributed by atoms with Crippen molar-refractivity contribution in [1.82, 2.24) is 4.90 Å². The number of likely N-dealkylation sites (tertiary alicyclic amines) is 1. The van der Waals surface area contributed by atoms with E-state index in [2.05, 4.69) is 9.64 Å². The summed E-state index contributed by atoms with van der Waals surface area (Å²) in [6.45, 7) is 4.90. The molecule has 0 aliphatic carbocycles. The van der Waals surface area contributed by atoms with Crippen LogP contribution in [-0.2, 0) is 9.53 Å². The van der Waals surface area contributed by atoms with Gasteiger partial charge in [0.2, 0.25) is 0 Å². The molecule has 4 heteroatoms. The third kappa shape index (κ3) is 3.80. The summed E-state index contributed by atoms with van der Waals surface area (Å²) in [7, 11) is 1.38. The molecule has 1 aliphatic rings. The lowest BCUT2D eigenvalue weighted by Crippen LogP contribution is -2.48. The van der Waals surface area contributed by atoms with E-state index in [1.54, 1.807) is 6.92 Å². The molecular weight excluding hydrogens is 192 g/mol. The summed E-state index contributed by atoms with van der Waals surface area (Å²) < 4.78 is 4.67. The second-order valence-corrected chi connectivity index (χ2v) is 4.56. The molecule has 1 rings (SSSR count). The molecule has 1 saturated heterocycles. The highest BCUT2D eigenvalue weighted by Crippen LogP contribution is 2.13. The fourth-order valence-electron chi connectivity index (χ4n) is 1.91. The molecule has 0 saturated carbocycles. The van der Waals surface area contributed by atoms with Crippen LogP contribution in [0.4, 0.5) is 0 Å². The number of methoxy groups -OCH3 is 1. The van der Waals surface area contributed by atoms with Gasteiger partial charge in [-0.25, -0.2) is 0 Å². The van der Waals surface area contributed by atoms with E-state index in [4.69, 9.17) is 5.73 Å². The molecule has 1 atom stereocenters. The Labute approximate surface area is 91.8 Å². The van der Waals surface area contributed by atoms with Gasteiger partial charge in [-0.3, -0.25) is 4.79 Å². The van der Waals surface area contributed by atoms with Crippen molar-refractivity contribution in [3.8, 4) is 0 Å². The van der Waals surface area contributed by atoms with Crippen molar-refractivity contribution in [3.05, 3.63) is 0 Å². The molecule has 1 fully saturated rings. The van der Waals surface area contributed by atoms with Gasteiger partial charge in [-0.15, -0.1) is 0 Å². The largest absolute Gasteiger partial charge is 0.468 e. The Bertz CT molecular complexity index is 211. The van der Waals surface area contributed by atoms with Gasteiger partial charge < -0.3 is 15.4 Å². The maximum absolute atomic E-state index is 11.3. The summed E-state index contributed by atoms with van der Waals surface area (Å²) in [5, 5.41) is 0. The Morgan fingerprint density at radius 2 is 2.00 bits per heavy atom. The lowest BCUT2D eigenvalue weighted by Gasteiger charge is -2.29. The predicted molar refractivity (Wildman–Crippen MR) is 59.5 cm³/mol. The highest BCUT2D eigenvalue weighted by Gasteiger charge is 2.29. The number of nitrogens with zero attached hydrogens (tertiary/aromatic N) is 1. The van der Waals surface area contributed by atoms with Crippen molar-refractivity contribution < 1.29 is 9.53 Å². The van der Waals surface area contributed by atoms with E-state index in [1.165, 1.54) is 26.4 Å². The lowest BCUT2D eigenvalue weighted by molar-refractivity contribution is -0.146. The van der Waals surface area contributed by atoms with Crippen molar-refractivity contribution in [2.75, 3.05) is 26.7 Å². The van der Waals surface area contributed by atoms with Crippen LogP contribution in [0.25, 0.3) is 0 Å². The van der Waals surface area contributed by atoms with E-state index in [0.717, 1.165) is 19.6 Å². The summed E-state index contributed by atoms with van der Waals surface area (Å²) in [5.41, 5.74) is 5.05. The number of carbonyl (C=O) groups excluding carboxylic acids is 1. The molecule has 88 valence electrons.